The minimum atomic E-state index is -1.03. The third-order valence-corrected chi connectivity index (χ3v) is 5.01. The first-order chi connectivity index (χ1) is 10.5. The fourth-order valence-electron chi connectivity index (χ4n) is 3.88. The summed E-state index contributed by atoms with van der Waals surface area (Å²) in [7, 11) is 0. The molecule has 0 saturated carbocycles. The molecule has 3 heterocycles. The first-order valence-electron chi connectivity index (χ1n) is 7.41. The maximum absolute atomic E-state index is 12.9. The Balaban J connectivity index is 1.81. The monoisotopic (exact) mass is 299 g/mol. The Morgan fingerprint density at radius 2 is 2.05 bits per heavy atom. The van der Waals surface area contributed by atoms with E-state index in [4.69, 9.17) is 4.74 Å². The van der Waals surface area contributed by atoms with E-state index < -0.39 is 23.5 Å². The Morgan fingerprint density at radius 3 is 2.77 bits per heavy atom. The normalized spacial score (nSPS) is 35.6. The molecule has 3 aliphatic rings. The second-order valence-electron chi connectivity index (χ2n) is 6.36. The van der Waals surface area contributed by atoms with Crippen LogP contribution in [-0.4, -0.2) is 35.2 Å². The average molecular weight is 299 g/mol. The van der Waals surface area contributed by atoms with E-state index in [2.05, 4.69) is 0 Å². The molecule has 4 atom stereocenters. The summed E-state index contributed by atoms with van der Waals surface area (Å²) in [5.41, 5.74) is 1.48. The summed E-state index contributed by atoms with van der Waals surface area (Å²) in [6, 6.07) is 5.72. The number of ether oxygens (including phenoxy) is 1. The van der Waals surface area contributed by atoms with E-state index in [-0.39, 0.29) is 18.4 Å². The molecule has 1 aromatic carbocycles. The number of rotatable bonds is 2. The molecule has 0 radical (unpaired) electrons. The van der Waals surface area contributed by atoms with Crippen LogP contribution in [0.4, 0.5) is 5.69 Å². The summed E-state index contributed by atoms with van der Waals surface area (Å²) in [5.74, 6) is -1.65. The Labute approximate surface area is 128 Å². The summed E-state index contributed by atoms with van der Waals surface area (Å²) < 4.78 is 5.73. The SMILES string of the molecule is Cc1ccc(C)c(N2C(=O)C3C4C=CC(CO)(O4)C3C2=O)c1. The number of benzene rings is 1. The smallest absolute Gasteiger partial charge is 0.241 e. The van der Waals surface area contributed by atoms with E-state index in [1.807, 2.05) is 32.0 Å². The van der Waals surface area contributed by atoms with Gasteiger partial charge < -0.3 is 9.84 Å². The summed E-state index contributed by atoms with van der Waals surface area (Å²) in [6.45, 7) is 3.52. The molecule has 2 bridgehead atoms. The molecule has 5 heteroatoms. The molecule has 3 aliphatic heterocycles. The van der Waals surface area contributed by atoms with Crippen LogP contribution in [0.1, 0.15) is 11.1 Å². The Bertz CT molecular complexity index is 725. The third-order valence-electron chi connectivity index (χ3n) is 5.01. The van der Waals surface area contributed by atoms with Gasteiger partial charge in [-0.2, -0.15) is 0 Å². The van der Waals surface area contributed by atoms with Gasteiger partial charge in [-0.3, -0.25) is 9.59 Å². The molecule has 4 unspecified atom stereocenters. The summed E-state index contributed by atoms with van der Waals surface area (Å²) in [5, 5.41) is 9.69. The zero-order chi connectivity index (χ0) is 15.6. The van der Waals surface area contributed by atoms with Crippen LogP contribution in [0.3, 0.4) is 0 Å². The van der Waals surface area contributed by atoms with Crippen molar-refractivity contribution in [1.82, 2.24) is 0 Å². The Kier molecular flexibility index (Phi) is 2.65. The van der Waals surface area contributed by atoms with E-state index in [1.165, 1.54) is 4.90 Å². The zero-order valence-corrected chi connectivity index (χ0v) is 12.4. The summed E-state index contributed by atoms with van der Waals surface area (Å²) >= 11 is 0. The van der Waals surface area contributed by atoms with Crippen LogP contribution in [-0.2, 0) is 14.3 Å². The molecule has 2 fully saturated rings. The van der Waals surface area contributed by atoms with Crippen molar-refractivity contribution in [2.24, 2.45) is 11.8 Å². The standard InChI is InChI=1S/C17H17NO4/c1-9-3-4-10(2)11(7-9)18-15(20)13-12-5-6-17(8-19,22-12)14(13)16(18)21/h3-7,12-14,19H,8H2,1-2H3. The van der Waals surface area contributed by atoms with Crippen LogP contribution in [0.2, 0.25) is 0 Å². The quantitative estimate of drug-likeness (QED) is 0.656. The number of hydrogen-bond donors (Lipinski definition) is 1. The maximum atomic E-state index is 12.9. The number of nitrogens with zero attached hydrogens (tertiary/aromatic N) is 1. The number of anilines is 1. The van der Waals surface area contributed by atoms with Crippen molar-refractivity contribution in [2.45, 2.75) is 25.6 Å². The molecule has 5 nitrogen and oxygen atoms in total. The minimum absolute atomic E-state index is 0.228. The second-order valence-corrected chi connectivity index (χ2v) is 6.36. The lowest BCUT2D eigenvalue weighted by Gasteiger charge is -2.26. The molecule has 1 N–H and O–H groups in total. The van der Waals surface area contributed by atoms with Gasteiger partial charge in [-0.05, 0) is 31.0 Å². The highest BCUT2D eigenvalue weighted by Gasteiger charge is 2.67. The fourth-order valence-corrected chi connectivity index (χ4v) is 3.88. The van der Waals surface area contributed by atoms with Crippen LogP contribution in [0, 0.1) is 25.7 Å². The molecule has 22 heavy (non-hydrogen) atoms. The van der Waals surface area contributed by atoms with Gasteiger partial charge in [0.25, 0.3) is 0 Å². The number of aryl methyl sites for hydroxylation is 2. The van der Waals surface area contributed by atoms with E-state index in [0.29, 0.717) is 5.69 Å². The number of carbonyl (C=O) groups is 2. The predicted molar refractivity (Wildman–Crippen MR) is 79.2 cm³/mol. The molecule has 0 aliphatic carbocycles. The number of aliphatic hydroxyl groups excluding tert-OH is 1. The van der Waals surface area contributed by atoms with E-state index in [0.717, 1.165) is 11.1 Å². The molecule has 2 saturated heterocycles. The van der Waals surface area contributed by atoms with Gasteiger partial charge in [-0.25, -0.2) is 4.90 Å². The van der Waals surface area contributed by atoms with Gasteiger partial charge in [0.2, 0.25) is 11.8 Å². The largest absolute Gasteiger partial charge is 0.393 e. The lowest BCUT2D eigenvalue weighted by atomic mass is 9.77. The van der Waals surface area contributed by atoms with Crippen LogP contribution in [0.25, 0.3) is 0 Å². The zero-order valence-electron chi connectivity index (χ0n) is 12.4. The van der Waals surface area contributed by atoms with Crippen LogP contribution in [0.5, 0.6) is 0 Å². The van der Waals surface area contributed by atoms with Gasteiger partial charge in [0.15, 0.2) is 0 Å². The van der Waals surface area contributed by atoms with Crippen LogP contribution < -0.4 is 4.90 Å². The Morgan fingerprint density at radius 1 is 1.27 bits per heavy atom. The number of fused-ring (bicyclic) bond motifs is 5. The van der Waals surface area contributed by atoms with Crippen molar-refractivity contribution in [1.29, 1.82) is 0 Å². The molecular formula is C17H17NO4. The van der Waals surface area contributed by atoms with Crippen molar-refractivity contribution in [3.05, 3.63) is 41.5 Å². The van der Waals surface area contributed by atoms with Crippen molar-refractivity contribution in [3.63, 3.8) is 0 Å². The number of aliphatic hydroxyl groups is 1. The first-order valence-corrected chi connectivity index (χ1v) is 7.41. The van der Waals surface area contributed by atoms with E-state index in [1.54, 1.807) is 12.2 Å². The van der Waals surface area contributed by atoms with Gasteiger partial charge in [0.05, 0.1) is 30.2 Å². The molecule has 0 spiro atoms. The van der Waals surface area contributed by atoms with Gasteiger partial charge in [-0.1, -0.05) is 24.3 Å². The number of hydrogen-bond acceptors (Lipinski definition) is 4. The lowest BCUT2D eigenvalue weighted by Crippen LogP contribution is -2.43. The van der Waals surface area contributed by atoms with Crippen LogP contribution >= 0.6 is 0 Å². The number of imide groups is 1. The van der Waals surface area contributed by atoms with Gasteiger partial charge in [0, 0.05) is 0 Å². The topological polar surface area (TPSA) is 66.8 Å². The highest BCUT2D eigenvalue weighted by Crippen LogP contribution is 2.52. The highest BCUT2D eigenvalue weighted by atomic mass is 16.5. The molecular weight excluding hydrogens is 282 g/mol. The van der Waals surface area contributed by atoms with Gasteiger partial charge >= 0.3 is 0 Å². The predicted octanol–water partition coefficient (Wildman–Crippen LogP) is 1.11. The average Bonchev–Trinajstić information content (AvgIpc) is 3.14. The maximum Gasteiger partial charge on any atom is 0.241 e. The number of amides is 2. The van der Waals surface area contributed by atoms with E-state index >= 15 is 0 Å². The van der Waals surface area contributed by atoms with Crippen molar-refractivity contribution in [2.75, 3.05) is 11.5 Å². The third kappa shape index (κ3) is 1.50. The summed E-state index contributed by atoms with van der Waals surface area (Å²) in [4.78, 5) is 27.0. The molecule has 4 rings (SSSR count). The molecule has 1 aromatic rings. The highest BCUT2D eigenvalue weighted by molar-refractivity contribution is 6.23. The van der Waals surface area contributed by atoms with Crippen LogP contribution in [0.15, 0.2) is 30.4 Å². The fraction of sp³-hybridized carbons (Fsp3) is 0.412. The van der Waals surface area contributed by atoms with Gasteiger partial charge in [0.1, 0.15) is 5.60 Å². The lowest BCUT2D eigenvalue weighted by molar-refractivity contribution is -0.128. The Hall–Kier alpha value is -1.98. The molecule has 2 amide bonds. The van der Waals surface area contributed by atoms with Crippen molar-refractivity contribution >= 4 is 17.5 Å². The minimum Gasteiger partial charge on any atom is -0.393 e. The van der Waals surface area contributed by atoms with Gasteiger partial charge in [-0.15, -0.1) is 0 Å². The molecule has 0 aromatic heterocycles. The summed E-state index contributed by atoms with van der Waals surface area (Å²) in [6.07, 6.45) is 3.11. The van der Waals surface area contributed by atoms with Crippen molar-refractivity contribution in [3.8, 4) is 0 Å². The first kappa shape index (κ1) is 13.7. The molecule has 114 valence electrons. The van der Waals surface area contributed by atoms with Crippen molar-refractivity contribution < 1.29 is 19.4 Å². The number of carbonyl (C=O) groups excluding carboxylic acids is 2. The second kappa shape index (κ2) is 4.27. The van der Waals surface area contributed by atoms with E-state index in [9.17, 15) is 14.7 Å².